The van der Waals surface area contributed by atoms with Crippen molar-refractivity contribution < 1.29 is 14.3 Å². The quantitative estimate of drug-likeness (QED) is 0.536. The monoisotopic (exact) mass is 439 g/mol. The van der Waals surface area contributed by atoms with Gasteiger partial charge < -0.3 is 15.0 Å². The zero-order valence-electron chi connectivity index (χ0n) is 16.3. The molecular weight excluding hydrogens is 414 g/mol. The number of carbonyl (C=O) groups is 2. The third-order valence-corrected chi connectivity index (χ3v) is 6.40. The Bertz CT molecular complexity index is 858. The first kappa shape index (κ1) is 21.6. The van der Waals surface area contributed by atoms with Crippen molar-refractivity contribution in [3.05, 3.63) is 32.9 Å². The summed E-state index contributed by atoms with van der Waals surface area (Å²) < 4.78 is 7.09. The van der Waals surface area contributed by atoms with Crippen molar-refractivity contribution in [2.75, 3.05) is 25.4 Å². The summed E-state index contributed by atoms with van der Waals surface area (Å²) >= 11 is 2.76. The van der Waals surface area contributed by atoms with Crippen molar-refractivity contribution >= 4 is 34.9 Å². The highest BCUT2D eigenvalue weighted by Gasteiger charge is 2.21. The second-order valence-electron chi connectivity index (χ2n) is 6.61. The zero-order valence-corrected chi connectivity index (χ0v) is 17.9. The highest BCUT2D eigenvalue weighted by Crippen LogP contribution is 2.18. The van der Waals surface area contributed by atoms with Crippen LogP contribution in [0.15, 0.2) is 27.5 Å². The molecule has 0 saturated carbocycles. The van der Waals surface area contributed by atoms with Crippen molar-refractivity contribution in [2.45, 2.75) is 44.1 Å². The van der Waals surface area contributed by atoms with E-state index in [2.05, 4.69) is 15.5 Å². The van der Waals surface area contributed by atoms with Gasteiger partial charge >= 0.3 is 5.69 Å². The average molecular weight is 440 g/mol. The van der Waals surface area contributed by atoms with Crippen LogP contribution in [0.25, 0.3) is 0 Å². The molecular formula is C18H25N5O4S2. The number of aromatic nitrogens is 3. The molecule has 3 heterocycles. The van der Waals surface area contributed by atoms with Crippen molar-refractivity contribution in [2.24, 2.45) is 0 Å². The molecule has 3 rings (SSSR count). The van der Waals surface area contributed by atoms with Crippen molar-refractivity contribution in [3.8, 4) is 0 Å². The molecule has 2 N–H and O–H groups in total. The van der Waals surface area contributed by atoms with Crippen molar-refractivity contribution in [1.82, 2.24) is 25.0 Å². The summed E-state index contributed by atoms with van der Waals surface area (Å²) in [7, 11) is 0. The standard InChI is InChI=1S/C18H25N5O4S2/c1-2-22(11-15(24)19-9-14-6-4-8-28-14)16(25)12-29-18-21-20-17(26)23(18)10-13-5-3-7-27-13/h4,6,8,13H,2-3,5,7,9-12H2,1H3,(H,19,24)(H,20,26). The van der Waals surface area contributed by atoms with E-state index in [0.717, 1.165) is 17.7 Å². The lowest BCUT2D eigenvalue weighted by Gasteiger charge is -2.20. The molecule has 2 amide bonds. The van der Waals surface area contributed by atoms with Crippen LogP contribution in [0.3, 0.4) is 0 Å². The summed E-state index contributed by atoms with van der Waals surface area (Å²) in [6.45, 7) is 3.85. The van der Waals surface area contributed by atoms with E-state index in [9.17, 15) is 14.4 Å². The number of H-pyrrole nitrogens is 1. The molecule has 1 fully saturated rings. The van der Waals surface area contributed by atoms with Gasteiger partial charge in [-0.15, -0.1) is 16.4 Å². The van der Waals surface area contributed by atoms with E-state index in [1.54, 1.807) is 11.3 Å². The van der Waals surface area contributed by atoms with E-state index >= 15 is 0 Å². The fraction of sp³-hybridized carbons (Fsp3) is 0.556. The third-order valence-electron chi connectivity index (χ3n) is 4.57. The molecule has 2 aromatic rings. The molecule has 11 heteroatoms. The van der Waals surface area contributed by atoms with Gasteiger partial charge in [-0.2, -0.15) is 0 Å². The number of likely N-dealkylation sites (N-methyl/N-ethyl adjacent to an activating group) is 1. The average Bonchev–Trinajstić information content (AvgIpc) is 3.47. The van der Waals surface area contributed by atoms with Crippen LogP contribution in [0.4, 0.5) is 0 Å². The van der Waals surface area contributed by atoms with E-state index in [4.69, 9.17) is 4.74 Å². The van der Waals surface area contributed by atoms with Gasteiger partial charge in [0.15, 0.2) is 5.16 Å². The molecule has 0 spiro atoms. The highest BCUT2D eigenvalue weighted by molar-refractivity contribution is 7.99. The minimum Gasteiger partial charge on any atom is -0.376 e. The Morgan fingerprint density at radius 3 is 3.07 bits per heavy atom. The molecule has 0 radical (unpaired) electrons. The molecule has 1 unspecified atom stereocenters. The summed E-state index contributed by atoms with van der Waals surface area (Å²) in [5.74, 6) is -0.279. The van der Waals surface area contributed by atoms with Gasteiger partial charge in [0.25, 0.3) is 0 Å². The molecule has 1 atom stereocenters. The zero-order chi connectivity index (χ0) is 20.6. The first-order valence-electron chi connectivity index (χ1n) is 9.53. The number of amides is 2. The second kappa shape index (κ2) is 10.6. The van der Waals surface area contributed by atoms with Crippen LogP contribution in [-0.2, 0) is 27.4 Å². The topological polar surface area (TPSA) is 109 Å². The number of thioether (sulfide) groups is 1. The van der Waals surface area contributed by atoms with Crippen LogP contribution in [0.2, 0.25) is 0 Å². The lowest BCUT2D eigenvalue weighted by atomic mass is 10.2. The summed E-state index contributed by atoms with van der Waals surface area (Å²) in [4.78, 5) is 39.3. The Labute approximate surface area is 176 Å². The second-order valence-corrected chi connectivity index (χ2v) is 8.58. The molecule has 158 valence electrons. The van der Waals surface area contributed by atoms with Crippen molar-refractivity contribution in [3.63, 3.8) is 0 Å². The first-order chi connectivity index (χ1) is 14.1. The maximum atomic E-state index is 12.6. The number of hydrogen-bond donors (Lipinski definition) is 2. The van der Waals surface area contributed by atoms with Gasteiger partial charge in [0, 0.05) is 18.0 Å². The van der Waals surface area contributed by atoms with Gasteiger partial charge in [-0.25, -0.2) is 9.89 Å². The fourth-order valence-corrected chi connectivity index (χ4v) is 4.49. The smallest absolute Gasteiger partial charge is 0.344 e. The van der Waals surface area contributed by atoms with E-state index in [-0.39, 0.29) is 35.9 Å². The minimum absolute atomic E-state index is 0.000432. The van der Waals surface area contributed by atoms with Gasteiger partial charge in [-0.1, -0.05) is 17.8 Å². The molecule has 9 nitrogen and oxygen atoms in total. The molecule has 1 aliphatic rings. The Morgan fingerprint density at radius 1 is 1.52 bits per heavy atom. The maximum Gasteiger partial charge on any atom is 0.344 e. The Kier molecular flexibility index (Phi) is 7.90. The van der Waals surface area contributed by atoms with Crippen LogP contribution in [0, 0.1) is 0 Å². The Balaban J connectivity index is 1.49. The first-order valence-corrected chi connectivity index (χ1v) is 11.4. The number of nitrogens with zero attached hydrogens (tertiary/aromatic N) is 3. The Morgan fingerprint density at radius 2 is 2.38 bits per heavy atom. The van der Waals surface area contributed by atoms with E-state index < -0.39 is 0 Å². The molecule has 29 heavy (non-hydrogen) atoms. The predicted octanol–water partition coefficient (Wildman–Crippen LogP) is 1.07. The molecule has 0 aliphatic carbocycles. The van der Waals surface area contributed by atoms with E-state index in [1.165, 1.54) is 21.2 Å². The van der Waals surface area contributed by atoms with E-state index in [0.29, 0.717) is 31.4 Å². The minimum atomic E-state index is -0.309. The normalized spacial score (nSPS) is 16.1. The summed E-state index contributed by atoms with van der Waals surface area (Å²) in [6, 6.07) is 3.88. The third kappa shape index (κ3) is 6.18. The number of rotatable bonds is 10. The number of aromatic amines is 1. The van der Waals surface area contributed by atoms with E-state index in [1.807, 2.05) is 24.4 Å². The lowest BCUT2D eigenvalue weighted by Crippen LogP contribution is -2.41. The van der Waals surface area contributed by atoms with Gasteiger partial charge in [0.05, 0.1) is 31.5 Å². The SMILES string of the molecule is CCN(CC(=O)NCc1cccs1)C(=O)CSc1n[nH]c(=O)n1CC1CCCO1. The molecule has 1 aliphatic heterocycles. The molecule has 1 saturated heterocycles. The van der Waals surface area contributed by atoms with Crippen LogP contribution in [0.5, 0.6) is 0 Å². The summed E-state index contributed by atoms with van der Waals surface area (Å²) in [6.07, 6.45) is 1.89. The van der Waals surface area contributed by atoms with Crippen LogP contribution in [0.1, 0.15) is 24.6 Å². The number of carbonyl (C=O) groups excluding carboxylic acids is 2. The number of hydrogen-bond acceptors (Lipinski definition) is 7. The number of ether oxygens (including phenoxy) is 1. The summed E-state index contributed by atoms with van der Waals surface area (Å²) in [5.41, 5.74) is -0.309. The molecule has 2 aromatic heterocycles. The van der Waals surface area contributed by atoms with Crippen LogP contribution >= 0.6 is 23.1 Å². The highest BCUT2D eigenvalue weighted by atomic mass is 32.2. The predicted molar refractivity (Wildman–Crippen MR) is 111 cm³/mol. The Hall–Kier alpha value is -2.11. The lowest BCUT2D eigenvalue weighted by molar-refractivity contribution is -0.133. The number of thiophene rings is 1. The van der Waals surface area contributed by atoms with Gasteiger partial charge in [-0.05, 0) is 31.2 Å². The maximum absolute atomic E-state index is 12.6. The number of nitrogens with one attached hydrogen (secondary N) is 2. The largest absolute Gasteiger partial charge is 0.376 e. The summed E-state index contributed by atoms with van der Waals surface area (Å²) in [5, 5.41) is 11.7. The molecule has 0 bridgehead atoms. The van der Waals surface area contributed by atoms with Gasteiger partial charge in [0.2, 0.25) is 11.8 Å². The van der Waals surface area contributed by atoms with Crippen molar-refractivity contribution in [1.29, 1.82) is 0 Å². The van der Waals surface area contributed by atoms with Crippen LogP contribution < -0.4 is 11.0 Å². The fourth-order valence-electron chi connectivity index (χ4n) is 2.99. The van der Waals surface area contributed by atoms with Crippen LogP contribution in [-0.4, -0.2) is 63.0 Å². The molecule has 0 aromatic carbocycles. The van der Waals surface area contributed by atoms with Gasteiger partial charge in [0.1, 0.15) is 0 Å². The van der Waals surface area contributed by atoms with Gasteiger partial charge in [-0.3, -0.25) is 14.2 Å².